The Morgan fingerprint density at radius 3 is 2.48 bits per heavy atom. The zero-order valence-electron chi connectivity index (χ0n) is 12.8. The van der Waals surface area contributed by atoms with Crippen LogP contribution in [0.3, 0.4) is 0 Å². The Labute approximate surface area is 137 Å². The first kappa shape index (κ1) is 16.0. The maximum Gasteiger partial charge on any atom is 0.273 e. The smallest absolute Gasteiger partial charge is 0.273 e. The molecule has 0 atom stereocenters. The highest BCUT2D eigenvalue weighted by molar-refractivity contribution is 7.13. The lowest BCUT2D eigenvalue weighted by Crippen LogP contribution is -2.48. The van der Waals surface area contributed by atoms with E-state index in [0.29, 0.717) is 13.1 Å². The van der Waals surface area contributed by atoms with Crippen molar-refractivity contribution in [3.8, 4) is 10.6 Å². The lowest BCUT2D eigenvalue weighted by Gasteiger charge is -2.33. The molecule has 0 saturated carbocycles. The molecular weight excluding hydrogens is 320 g/mol. The van der Waals surface area contributed by atoms with Gasteiger partial charge >= 0.3 is 0 Å². The molecule has 0 aliphatic carbocycles. The quantitative estimate of drug-likeness (QED) is 0.864. The van der Waals surface area contributed by atoms with Crippen molar-refractivity contribution in [1.82, 2.24) is 14.8 Å². The van der Waals surface area contributed by atoms with Crippen LogP contribution in [0.15, 0.2) is 23.6 Å². The van der Waals surface area contributed by atoms with Crippen LogP contribution >= 0.6 is 11.3 Å². The van der Waals surface area contributed by atoms with Gasteiger partial charge in [-0.1, -0.05) is 13.0 Å². The number of aromatic nitrogens is 1. The second-order valence-electron chi connectivity index (χ2n) is 5.36. The number of halogens is 2. The number of benzene rings is 1. The van der Waals surface area contributed by atoms with E-state index < -0.39 is 11.6 Å². The van der Waals surface area contributed by atoms with Gasteiger partial charge in [0.05, 0.1) is 5.56 Å². The first-order chi connectivity index (χ1) is 11.1. The minimum atomic E-state index is -0.671. The average Bonchev–Trinajstić information content (AvgIpc) is 3.04. The van der Waals surface area contributed by atoms with E-state index in [1.807, 2.05) is 0 Å². The van der Waals surface area contributed by atoms with Gasteiger partial charge in [0.1, 0.15) is 22.3 Å². The number of piperazine rings is 1. The first-order valence-corrected chi connectivity index (χ1v) is 8.39. The normalized spacial score (nSPS) is 15.9. The molecule has 0 bridgehead atoms. The summed E-state index contributed by atoms with van der Waals surface area (Å²) in [4.78, 5) is 20.6. The van der Waals surface area contributed by atoms with Gasteiger partial charge in [0.25, 0.3) is 5.91 Å². The highest BCUT2D eigenvalue weighted by Crippen LogP contribution is 2.29. The zero-order chi connectivity index (χ0) is 16.4. The van der Waals surface area contributed by atoms with E-state index in [0.717, 1.165) is 31.0 Å². The number of rotatable bonds is 3. The highest BCUT2D eigenvalue weighted by atomic mass is 32.1. The second-order valence-corrected chi connectivity index (χ2v) is 6.22. The summed E-state index contributed by atoms with van der Waals surface area (Å²) in [6.45, 7) is 6.02. The predicted molar refractivity (Wildman–Crippen MR) is 85.5 cm³/mol. The summed E-state index contributed by atoms with van der Waals surface area (Å²) in [5, 5.41) is 1.76. The van der Waals surface area contributed by atoms with Crippen LogP contribution in [-0.4, -0.2) is 53.4 Å². The zero-order valence-corrected chi connectivity index (χ0v) is 13.6. The minimum Gasteiger partial charge on any atom is -0.335 e. The van der Waals surface area contributed by atoms with Crippen molar-refractivity contribution in [3.05, 3.63) is 40.9 Å². The van der Waals surface area contributed by atoms with Crippen molar-refractivity contribution in [2.75, 3.05) is 32.7 Å². The summed E-state index contributed by atoms with van der Waals surface area (Å²) in [6, 6.07) is 3.68. The van der Waals surface area contributed by atoms with Crippen LogP contribution in [0.1, 0.15) is 17.4 Å². The molecule has 1 saturated heterocycles. The van der Waals surface area contributed by atoms with Crippen LogP contribution in [0.4, 0.5) is 8.78 Å². The number of hydrogen-bond acceptors (Lipinski definition) is 4. The third-order valence-electron chi connectivity index (χ3n) is 4.01. The van der Waals surface area contributed by atoms with Crippen molar-refractivity contribution < 1.29 is 13.6 Å². The van der Waals surface area contributed by atoms with Gasteiger partial charge in [0, 0.05) is 31.6 Å². The van der Waals surface area contributed by atoms with E-state index in [1.54, 1.807) is 10.3 Å². The number of carbonyl (C=O) groups is 1. The van der Waals surface area contributed by atoms with Gasteiger partial charge in [-0.15, -0.1) is 11.3 Å². The van der Waals surface area contributed by atoms with E-state index in [2.05, 4.69) is 16.8 Å². The number of carbonyl (C=O) groups excluding carboxylic acids is 1. The Bertz CT molecular complexity index is 691. The van der Waals surface area contributed by atoms with Gasteiger partial charge in [0.2, 0.25) is 0 Å². The van der Waals surface area contributed by atoms with Gasteiger partial charge in [-0.2, -0.15) is 0 Å². The van der Waals surface area contributed by atoms with E-state index in [9.17, 15) is 13.6 Å². The molecule has 0 radical (unpaired) electrons. The number of hydrogen-bond donors (Lipinski definition) is 0. The van der Waals surface area contributed by atoms with Gasteiger partial charge in [-0.25, -0.2) is 13.8 Å². The predicted octanol–water partition coefficient (Wildman–Crippen LogP) is 2.87. The summed E-state index contributed by atoms with van der Waals surface area (Å²) >= 11 is 1.08. The summed E-state index contributed by atoms with van der Waals surface area (Å²) in [6.07, 6.45) is 0. The molecule has 0 N–H and O–H groups in total. The van der Waals surface area contributed by atoms with Crippen molar-refractivity contribution in [1.29, 1.82) is 0 Å². The van der Waals surface area contributed by atoms with Gasteiger partial charge in [-0.05, 0) is 18.7 Å². The molecule has 2 heterocycles. The summed E-state index contributed by atoms with van der Waals surface area (Å²) < 4.78 is 27.6. The molecular formula is C16H17F2N3OS. The number of amides is 1. The molecule has 2 aromatic rings. The molecule has 1 amide bonds. The molecule has 0 unspecified atom stereocenters. The largest absolute Gasteiger partial charge is 0.335 e. The molecule has 4 nitrogen and oxygen atoms in total. The fourth-order valence-electron chi connectivity index (χ4n) is 2.62. The Hall–Kier alpha value is -1.86. The Kier molecular flexibility index (Phi) is 4.68. The van der Waals surface area contributed by atoms with Crippen molar-refractivity contribution >= 4 is 17.2 Å². The maximum absolute atomic E-state index is 13.8. The van der Waals surface area contributed by atoms with Crippen LogP contribution in [0.2, 0.25) is 0 Å². The SMILES string of the molecule is CCN1CCN(C(=O)c2csc(-c3c(F)cccc3F)n2)CC1. The molecule has 1 aliphatic rings. The van der Waals surface area contributed by atoms with Crippen LogP contribution in [0, 0.1) is 11.6 Å². The number of nitrogens with zero attached hydrogens (tertiary/aromatic N) is 3. The molecule has 1 aliphatic heterocycles. The highest BCUT2D eigenvalue weighted by Gasteiger charge is 2.24. The number of thiazole rings is 1. The van der Waals surface area contributed by atoms with Gasteiger partial charge in [-0.3, -0.25) is 4.79 Å². The number of likely N-dealkylation sites (N-methyl/N-ethyl adjacent to an activating group) is 1. The Morgan fingerprint density at radius 2 is 1.87 bits per heavy atom. The third-order valence-corrected chi connectivity index (χ3v) is 4.87. The molecule has 23 heavy (non-hydrogen) atoms. The molecule has 1 aromatic heterocycles. The standard InChI is InChI=1S/C16H17F2N3OS/c1-2-20-6-8-21(9-7-20)16(22)13-10-23-15(19-13)14-11(17)4-3-5-12(14)18/h3-5,10H,2,6-9H2,1H3. The van der Waals surface area contributed by atoms with Crippen molar-refractivity contribution in [2.24, 2.45) is 0 Å². The van der Waals surface area contributed by atoms with Crippen molar-refractivity contribution in [2.45, 2.75) is 6.92 Å². The third kappa shape index (κ3) is 3.25. The fourth-order valence-corrected chi connectivity index (χ4v) is 3.46. The minimum absolute atomic E-state index is 0.174. The van der Waals surface area contributed by atoms with Gasteiger partial charge in [0.15, 0.2) is 0 Å². The maximum atomic E-state index is 13.8. The van der Waals surface area contributed by atoms with Crippen LogP contribution in [0.5, 0.6) is 0 Å². The van der Waals surface area contributed by atoms with E-state index >= 15 is 0 Å². The first-order valence-electron chi connectivity index (χ1n) is 7.51. The topological polar surface area (TPSA) is 36.4 Å². The lowest BCUT2D eigenvalue weighted by molar-refractivity contribution is 0.0638. The van der Waals surface area contributed by atoms with E-state index in [1.165, 1.54) is 18.2 Å². The van der Waals surface area contributed by atoms with Crippen LogP contribution in [-0.2, 0) is 0 Å². The lowest BCUT2D eigenvalue weighted by atomic mass is 10.2. The Morgan fingerprint density at radius 1 is 1.22 bits per heavy atom. The van der Waals surface area contributed by atoms with E-state index in [4.69, 9.17) is 0 Å². The van der Waals surface area contributed by atoms with Crippen LogP contribution in [0.25, 0.3) is 10.6 Å². The molecule has 0 spiro atoms. The van der Waals surface area contributed by atoms with Crippen LogP contribution < -0.4 is 0 Å². The average molecular weight is 337 g/mol. The second kappa shape index (κ2) is 6.72. The summed E-state index contributed by atoms with van der Waals surface area (Å²) in [5.41, 5.74) is 0.0740. The summed E-state index contributed by atoms with van der Waals surface area (Å²) in [7, 11) is 0. The van der Waals surface area contributed by atoms with Crippen molar-refractivity contribution in [3.63, 3.8) is 0 Å². The molecule has 7 heteroatoms. The van der Waals surface area contributed by atoms with Gasteiger partial charge < -0.3 is 9.80 Å². The molecule has 1 aromatic carbocycles. The molecule has 122 valence electrons. The van der Waals surface area contributed by atoms with E-state index in [-0.39, 0.29) is 22.2 Å². The monoisotopic (exact) mass is 337 g/mol. The fraction of sp³-hybridized carbons (Fsp3) is 0.375. The summed E-state index contributed by atoms with van der Waals surface area (Å²) in [5.74, 6) is -1.52. The molecule has 1 fully saturated rings. The molecule has 3 rings (SSSR count). The Balaban J connectivity index is 1.78.